The molecule has 0 saturated heterocycles. The summed E-state index contributed by atoms with van der Waals surface area (Å²) in [7, 11) is 0. The molecule has 3 heterocycles. The maximum Gasteiger partial charge on any atom is 0.390 e. The lowest BCUT2D eigenvalue weighted by atomic mass is 9.91. The second kappa shape index (κ2) is 8.42. The van der Waals surface area contributed by atoms with E-state index in [1.165, 1.54) is 0 Å². The number of pyridine rings is 1. The van der Waals surface area contributed by atoms with Crippen LogP contribution in [-0.2, 0) is 0 Å². The lowest BCUT2D eigenvalue weighted by Gasteiger charge is -2.30. The van der Waals surface area contributed by atoms with E-state index in [0.29, 0.717) is 37.0 Å². The largest absolute Gasteiger partial charge is 0.390 e. The van der Waals surface area contributed by atoms with Gasteiger partial charge >= 0.3 is 6.18 Å². The minimum atomic E-state index is -4.14. The van der Waals surface area contributed by atoms with E-state index >= 15 is 0 Å². The number of carbonyl (C=O) groups is 1. The molecular weight excluding hydrogens is 399 g/mol. The van der Waals surface area contributed by atoms with Gasteiger partial charge in [-0.25, -0.2) is 9.97 Å². The summed E-state index contributed by atoms with van der Waals surface area (Å²) in [5.41, 5.74) is 0.804. The van der Waals surface area contributed by atoms with Gasteiger partial charge < -0.3 is 10.6 Å². The van der Waals surface area contributed by atoms with Crippen molar-refractivity contribution in [3.63, 3.8) is 0 Å². The fourth-order valence-electron chi connectivity index (χ4n) is 3.74. The molecule has 3 N–H and O–H groups in total. The van der Waals surface area contributed by atoms with Crippen molar-refractivity contribution >= 4 is 16.8 Å². The number of halogens is 3. The number of aromatic nitrogens is 5. The van der Waals surface area contributed by atoms with E-state index in [1.54, 1.807) is 29.5 Å². The van der Waals surface area contributed by atoms with Gasteiger partial charge in [0.05, 0.1) is 18.1 Å². The number of hydrogen-bond acceptors (Lipinski definition) is 5. The first kappa shape index (κ1) is 20.3. The normalized spacial score (nSPS) is 19.8. The highest BCUT2D eigenvalue weighted by atomic mass is 19.4. The van der Waals surface area contributed by atoms with E-state index in [1.807, 2.05) is 6.07 Å². The average molecular weight is 421 g/mol. The van der Waals surface area contributed by atoms with Crippen LogP contribution in [0.25, 0.3) is 16.7 Å². The minimum Gasteiger partial charge on any atom is -0.348 e. The maximum absolute atomic E-state index is 12.9. The Morgan fingerprint density at radius 3 is 2.70 bits per heavy atom. The van der Waals surface area contributed by atoms with Crippen molar-refractivity contribution in [2.24, 2.45) is 0 Å². The number of hydrogen-bond donors (Lipinski definition) is 3. The summed E-state index contributed by atoms with van der Waals surface area (Å²) in [5.74, 6) is 0.254. The Balaban J connectivity index is 1.38. The molecule has 1 aliphatic carbocycles. The number of fused-ring (bicyclic) bond motifs is 1. The molecular formula is C19H22F3N7O. The lowest BCUT2D eigenvalue weighted by molar-refractivity contribution is -0.133. The molecule has 1 saturated carbocycles. The summed E-state index contributed by atoms with van der Waals surface area (Å²) in [4.78, 5) is 21.4. The van der Waals surface area contributed by atoms with Crippen LogP contribution >= 0.6 is 0 Å². The van der Waals surface area contributed by atoms with Crippen LogP contribution in [0.5, 0.6) is 0 Å². The van der Waals surface area contributed by atoms with Crippen molar-refractivity contribution in [2.45, 2.75) is 50.4 Å². The van der Waals surface area contributed by atoms with E-state index in [9.17, 15) is 18.0 Å². The van der Waals surface area contributed by atoms with Gasteiger partial charge in [0, 0.05) is 36.4 Å². The van der Waals surface area contributed by atoms with Gasteiger partial charge in [-0.05, 0) is 31.7 Å². The third-order valence-corrected chi connectivity index (χ3v) is 5.30. The summed E-state index contributed by atoms with van der Waals surface area (Å²) in [6.07, 6.45) is 4.44. The van der Waals surface area contributed by atoms with Crippen LogP contribution in [-0.4, -0.2) is 55.4 Å². The molecule has 0 atom stereocenters. The zero-order valence-corrected chi connectivity index (χ0v) is 16.1. The van der Waals surface area contributed by atoms with E-state index in [-0.39, 0.29) is 30.2 Å². The molecule has 3 aromatic rings. The van der Waals surface area contributed by atoms with E-state index in [4.69, 9.17) is 0 Å². The van der Waals surface area contributed by atoms with Gasteiger partial charge in [0.2, 0.25) is 0 Å². The number of imidazole rings is 1. The van der Waals surface area contributed by atoms with Gasteiger partial charge in [-0.3, -0.25) is 14.5 Å². The van der Waals surface area contributed by atoms with Gasteiger partial charge in [0.25, 0.3) is 5.91 Å². The predicted molar refractivity (Wildman–Crippen MR) is 103 cm³/mol. The first-order valence-electron chi connectivity index (χ1n) is 9.82. The minimum absolute atomic E-state index is 0.0440. The fourth-order valence-corrected chi connectivity index (χ4v) is 3.74. The highest BCUT2D eigenvalue weighted by Gasteiger charge is 2.28. The number of aromatic amines is 1. The van der Waals surface area contributed by atoms with Crippen molar-refractivity contribution < 1.29 is 18.0 Å². The quantitative estimate of drug-likeness (QED) is 0.568. The molecule has 0 bridgehead atoms. The Labute approximate surface area is 170 Å². The highest BCUT2D eigenvalue weighted by Crippen LogP contribution is 2.23. The van der Waals surface area contributed by atoms with Crippen LogP contribution in [0.2, 0.25) is 0 Å². The predicted octanol–water partition coefficient (Wildman–Crippen LogP) is 2.73. The maximum atomic E-state index is 12.9. The standard InChI is InChI=1S/C19H22F3N7O/c20-19(21,22)5-6-24-13-1-3-14(4-2-13)26-18(30)17-16-12(10-25-28-16)9-15(27-17)29-8-7-23-11-29/h7-11,13-14,24H,1-6H2,(H,25,28)(H,26,30). The summed E-state index contributed by atoms with van der Waals surface area (Å²) in [6.45, 7) is -0.0754. The number of alkyl halides is 3. The summed E-state index contributed by atoms with van der Waals surface area (Å²) in [5, 5.41) is 13.6. The van der Waals surface area contributed by atoms with Gasteiger partial charge in [-0.15, -0.1) is 0 Å². The topological polar surface area (TPSA) is 101 Å². The Hall–Kier alpha value is -2.95. The van der Waals surface area contributed by atoms with Crippen molar-refractivity contribution in [3.05, 3.63) is 36.7 Å². The lowest BCUT2D eigenvalue weighted by Crippen LogP contribution is -2.43. The zero-order valence-electron chi connectivity index (χ0n) is 16.1. The molecule has 0 unspecified atom stereocenters. The van der Waals surface area contributed by atoms with Crippen molar-refractivity contribution in [1.29, 1.82) is 0 Å². The molecule has 0 aromatic carbocycles. The Morgan fingerprint density at radius 1 is 1.23 bits per heavy atom. The van der Waals surface area contributed by atoms with E-state index in [0.717, 1.165) is 5.39 Å². The molecule has 1 fully saturated rings. The molecule has 4 rings (SSSR count). The van der Waals surface area contributed by atoms with Crippen molar-refractivity contribution in [3.8, 4) is 5.82 Å². The zero-order chi connectivity index (χ0) is 21.1. The summed E-state index contributed by atoms with van der Waals surface area (Å²) < 4.78 is 38.5. The van der Waals surface area contributed by atoms with Crippen molar-refractivity contribution in [2.75, 3.05) is 6.54 Å². The molecule has 1 amide bonds. The number of nitrogens with zero attached hydrogens (tertiary/aromatic N) is 4. The number of amides is 1. The SMILES string of the molecule is O=C(NC1CCC(NCCC(F)(F)F)CC1)c1nc(-n2ccnc2)cc2cn[nH]c12. The molecule has 160 valence electrons. The average Bonchev–Trinajstić information content (AvgIpc) is 3.39. The second-order valence-electron chi connectivity index (χ2n) is 7.47. The van der Waals surface area contributed by atoms with Crippen molar-refractivity contribution in [1.82, 2.24) is 35.4 Å². The first-order valence-corrected chi connectivity index (χ1v) is 9.82. The van der Waals surface area contributed by atoms with Gasteiger partial charge in [-0.2, -0.15) is 18.3 Å². The molecule has 0 aliphatic heterocycles. The second-order valence-corrected chi connectivity index (χ2v) is 7.47. The monoisotopic (exact) mass is 421 g/mol. The molecule has 3 aromatic heterocycles. The van der Waals surface area contributed by atoms with Crippen LogP contribution in [0.15, 0.2) is 31.0 Å². The Morgan fingerprint density at radius 2 is 2.00 bits per heavy atom. The number of nitrogens with one attached hydrogen (secondary N) is 3. The molecule has 1 aliphatic rings. The van der Waals surface area contributed by atoms with E-state index in [2.05, 4.69) is 30.8 Å². The van der Waals surface area contributed by atoms with Gasteiger partial charge in [-0.1, -0.05) is 0 Å². The third kappa shape index (κ3) is 4.78. The van der Waals surface area contributed by atoms with Crippen LogP contribution in [0.1, 0.15) is 42.6 Å². The molecule has 30 heavy (non-hydrogen) atoms. The third-order valence-electron chi connectivity index (χ3n) is 5.30. The molecule has 0 spiro atoms. The Bertz CT molecular complexity index is 991. The first-order chi connectivity index (χ1) is 14.4. The number of H-pyrrole nitrogens is 1. The fraction of sp³-hybridized carbons (Fsp3) is 0.474. The van der Waals surface area contributed by atoms with Crippen LogP contribution in [0.4, 0.5) is 13.2 Å². The highest BCUT2D eigenvalue weighted by molar-refractivity contribution is 6.04. The number of carbonyl (C=O) groups excluding carboxylic acids is 1. The van der Waals surface area contributed by atoms with Gasteiger partial charge in [0.1, 0.15) is 12.1 Å². The Kier molecular flexibility index (Phi) is 5.71. The number of rotatable bonds is 6. The van der Waals surface area contributed by atoms with Crippen LogP contribution in [0, 0.1) is 0 Å². The smallest absolute Gasteiger partial charge is 0.348 e. The summed E-state index contributed by atoms with van der Waals surface area (Å²) >= 11 is 0. The molecule has 11 heteroatoms. The molecule has 8 nitrogen and oxygen atoms in total. The molecule has 0 radical (unpaired) electrons. The van der Waals surface area contributed by atoms with Crippen LogP contribution in [0.3, 0.4) is 0 Å². The van der Waals surface area contributed by atoms with Crippen LogP contribution < -0.4 is 10.6 Å². The van der Waals surface area contributed by atoms with E-state index < -0.39 is 12.6 Å². The summed E-state index contributed by atoms with van der Waals surface area (Å²) in [6, 6.07) is 1.81. The van der Waals surface area contributed by atoms with Gasteiger partial charge in [0.15, 0.2) is 5.69 Å².